The second kappa shape index (κ2) is 9.11. The molecule has 1 aliphatic carbocycles. The van der Waals surface area contributed by atoms with Gasteiger partial charge in [-0.1, -0.05) is 24.4 Å². The van der Waals surface area contributed by atoms with Gasteiger partial charge in [-0.25, -0.2) is 5.01 Å². The number of ketones is 1. The normalized spacial score (nSPS) is 19.8. The van der Waals surface area contributed by atoms with E-state index in [1.165, 1.54) is 36.4 Å². The molecule has 170 valence electrons. The van der Waals surface area contributed by atoms with E-state index in [4.69, 9.17) is 11.6 Å². The van der Waals surface area contributed by atoms with Gasteiger partial charge in [-0.05, 0) is 49.2 Å². The number of amides is 3. The second-order valence-electron chi connectivity index (χ2n) is 8.08. The van der Waals surface area contributed by atoms with Crippen molar-refractivity contribution >= 4 is 40.8 Å². The van der Waals surface area contributed by atoms with Crippen molar-refractivity contribution in [2.45, 2.75) is 25.7 Å². The fourth-order valence-electron chi connectivity index (χ4n) is 4.35. The molecule has 0 spiro atoms. The molecule has 1 saturated carbocycles. The summed E-state index contributed by atoms with van der Waals surface area (Å²) in [6, 6.07) is 10.8. The highest BCUT2D eigenvalue weighted by Crippen LogP contribution is 2.39. The monoisotopic (exact) mass is 469 g/mol. The second-order valence-corrected chi connectivity index (χ2v) is 8.52. The molecule has 3 amide bonds. The lowest BCUT2D eigenvalue weighted by molar-refractivity contribution is -0.384. The first-order valence-electron chi connectivity index (χ1n) is 10.5. The Balaban J connectivity index is 1.68. The first kappa shape index (κ1) is 22.6. The summed E-state index contributed by atoms with van der Waals surface area (Å²) in [4.78, 5) is 62.9. The zero-order valence-corrected chi connectivity index (χ0v) is 18.2. The molecule has 10 heteroatoms. The Morgan fingerprint density at radius 1 is 0.939 bits per heavy atom. The quantitative estimate of drug-likeness (QED) is 0.276. The van der Waals surface area contributed by atoms with E-state index < -0.39 is 46.8 Å². The molecule has 0 bridgehead atoms. The summed E-state index contributed by atoms with van der Waals surface area (Å²) in [5, 5.41) is 13.0. The molecule has 2 aliphatic rings. The third-order valence-corrected chi connectivity index (χ3v) is 6.33. The van der Waals surface area contributed by atoms with E-state index in [1.807, 2.05) is 0 Å². The number of hydrazine groups is 1. The van der Waals surface area contributed by atoms with Gasteiger partial charge in [-0.2, -0.15) is 5.01 Å². The summed E-state index contributed by atoms with van der Waals surface area (Å²) in [6.07, 6.45) is 2.73. The molecule has 2 aromatic rings. The van der Waals surface area contributed by atoms with Gasteiger partial charge in [0, 0.05) is 28.3 Å². The molecule has 33 heavy (non-hydrogen) atoms. The van der Waals surface area contributed by atoms with Crippen LogP contribution in [-0.4, -0.2) is 45.0 Å². The van der Waals surface area contributed by atoms with Gasteiger partial charge >= 0.3 is 0 Å². The number of rotatable bonds is 6. The van der Waals surface area contributed by atoms with Gasteiger partial charge in [0.05, 0.1) is 16.8 Å². The lowest BCUT2D eigenvalue weighted by Crippen LogP contribution is -2.52. The molecule has 0 unspecified atom stereocenters. The predicted molar refractivity (Wildman–Crippen MR) is 117 cm³/mol. The van der Waals surface area contributed by atoms with Gasteiger partial charge in [-0.3, -0.25) is 29.3 Å². The van der Waals surface area contributed by atoms with Crippen LogP contribution in [0.5, 0.6) is 0 Å². The molecule has 1 saturated heterocycles. The van der Waals surface area contributed by atoms with Crippen molar-refractivity contribution < 1.29 is 24.1 Å². The molecular weight excluding hydrogens is 450 g/mol. The first-order chi connectivity index (χ1) is 15.8. The van der Waals surface area contributed by atoms with E-state index in [-0.39, 0.29) is 16.8 Å². The maximum atomic E-state index is 13.4. The zero-order chi connectivity index (χ0) is 23.7. The highest BCUT2D eigenvalue weighted by Gasteiger charge is 2.51. The van der Waals surface area contributed by atoms with Crippen molar-refractivity contribution in [3.8, 4) is 0 Å². The number of halogens is 1. The van der Waals surface area contributed by atoms with Crippen molar-refractivity contribution in [2.75, 3.05) is 6.54 Å². The lowest BCUT2D eigenvalue weighted by Gasteiger charge is -2.30. The number of imide groups is 1. The van der Waals surface area contributed by atoms with Crippen LogP contribution in [0.15, 0.2) is 48.5 Å². The average molecular weight is 470 g/mol. The number of nitro benzene ring substituents is 1. The number of hydrogen-bond acceptors (Lipinski definition) is 6. The van der Waals surface area contributed by atoms with E-state index in [9.17, 15) is 29.3 Å². The van der Waals surface area contributed by atoms with Crippen molar-refractivity contribution in [1.29, 1.82) is 0 Å². The molecule has 9 nitrogen and oxygen atoms in total. The molecule has 1 heterocycles. The van der Waals surface area contributed by atoms with Crippen LogP contribution in [0.25, 0.3) is 0 Å². The fraction of sp³-hybridized carbons (Fsp3) is 0.304. The van der Waals surface area contributed by atoms with Crippen molar-refractivity contribution in [3.63, 3.8) is 0 Å². The number of hydrogen-bond donors (Lipinski definition) is 0. The van der Waals surface area contributed by atoms with Gasteiger partial charge < -0.3 is 0 Å². The van der Waals surface area contributed by atoms with Crippen LogP contribution in [0.4, 0.5) is 5.69 Å². The van der Waals surface area contributed by atoms with Gasteiger partial charge in [0.25, 0.3) is 23.4 Å². The molecule has 2 atom stereocenters. The minimum absolute atomic E-state index is 0.0139. The fourth-order valence-corrected chi connectivity index (χ4v) is 4.48. The minimum Gasteiger partial charge on any atom is -0.292 e. The Labute approximate surface area is 194 Å². The van der Waals surface area contributed by atoms with E-state index in [0.29, 0.717) is 17.9 Å². The van der Waals surface area contributed by atoms with Crippen LogP contribution >= 0.6 is 11.6 Å². The Hall–Kier alpha value is -3.59. The predicted octanol–water partition coefficient (Wildman–Crippen LogP) is 3.66. The highest BCUT2D eigenvalue weighted by molar-refractivity contribution is 6.30. The van der Waals surface area contributed by atoms with Crippen LogP contribution in [0.3, 0.4) is 0 Å². The summed E-state index contributed by atoms with van der Waals surface area (Å²) in [7, 11) is 0. The molecule has 2 aromatic carbocycles. The summed E-state index contributed by atoms with van der Waals surface area (Å²) in [6.45, 7) is -0.547. The van der Waals surface area contributed by atoms with Crippen LogP contribution < -0.4 is 0 Å². The van der Waals surface area contributed by atoms with Crippen molar-refractivity contribution in [1.82, 2.24) is 10.0 Å². The van der Waals surface area contributed by atoms with Gasteiger partial charge in [0.1, 0.15) is 6.54 Å². The average Bonchev–Trinajstić information content (AvgIpc) is 3.07. The molecule has 0 aromatic heterocycles. The zero-order valence-electron chi connectivity index (χ0n) is 17.5. The third kappa shape index (κ3) is 4.36. The van der Waals surface area contributed by atoms with Gasteiger partial charge in [0.2, 0.25) is 0 Å². The Morgan fingerprint density at radius 2 is 1.45 bits per heavy atom. The van der Waals surface area contributed by atoms with Crippen LogP contribution in [0.1, 0.15) is 46.4 Å². The number of carbonyl (C=O) groups is 4. The number of fused-ring (bicyclic) bond motifs is 1. The maximum Gasteiger partial charge on any atom is 0.273 e. The van der Waals surface area contributed by atoms with Crippen LogP contribution in [0, 0.1) is 22.0 Å². The topological polar surface area (TPSA) is 118 Å². The van der Waals surface area contributed by atoms with Crippen molar-refractivity contribution in [2.24, 2.45) is 11.8 Å². The SMILES string of the molecule is O=C(CN(C(=O)c1ccc([N+](=O)[O-])cc1)N1C(=O)[C@H]2CCCC[C@@H]2C1=O)c1ccc(Cl)cc1. The molecule has 2 fully saturated rings. The van der Waals surface area contributed by atoms with Crippen molar-refractivity contribution in [3.05, 3.63) is 74.8 Å². The van der Waals surface area contributed by atoms with E-state index >= 15 is 0 Å². The molecular formula is C23H20ClN3O6. The Kier molecular flexibility index (Phi) is 6.24. The van der Waals surface area contributed by atoms with Crippen LogP contribution in [0.2, 0.25) is 5.02 Å². The van der Waals surface area contributed by atoms with Crippen LogP contribution in [-0.2, 0) is 9.59 Å². The standard InChI is InChI=1S/C23H20ClN3O6/c24-16-9-5-14(6-10-16)20(28)13-25(21(29)15-7-11-17(12-8-15)27(32)33)26-22(30)18-3-1-2-4-19(18)23(26)31/h5-12,18-19H,1-4,13H2/t18-,19-/m0/s1. The summed E-state index contributed by atoms with van der Waals surface area (Å²) in [5.74, 6) is -3.27. The lowest BCUT2D eigenvalue weighted by atomic mass is 9.81. The summed E-state index contributed by atoms with van der Waals surface area (Å²) < 4.78 is 0. The number of Topliss-reactive ketones (excluding diaryl/α,β-unsaturated/α-hetero) is 1. The minimum atomic E-state index is -0.771. The Morgan fingerprint density at radius 3 is 1.97 bits per heavy atom. The summed E-state index contributed by atoms with van der Waals surface area (Å²) in [5.41, 5.74) is 0.0621. The molecule has 0 radical (unpaired) electrons. The van der Waals surface area contributed by atoms with E-state index in [2.05, 4.69) is 0 Å². The number of nitrogens with zero attached hydrogens (tertiary/aromatic N) is 3. The highest BCUT2D eigenvalue weighted by atomic mass is 35.5. The first-order valence-corrected chi connectivity index (χ1v) is 10.9. The molecule has 4 rings (SSSR count). The van der Waals surface area contributed by atoms with Gasteiger partial charge in [-0.15, -0.1) is 0 Å². The van der Waals surface area contributed by atoms with E-state index in [0.717, 1.165) is 35.0 Å². The number of benzene rings is 2. The number of carbonyl (C=O) groups excluding carboxylic acids is 4. The largest absolute Gasteiger partial charge is 0.292 e. The van der Waals surface area contributed by atoms with E-state index in [1.54, 1.807) is 0 Å². The molecule has 1 aliphatic heterocycles. The molecule has 0 N–H and O–H groups in total. The maximum absolute atomic E-state index is 13.4. The summed E-state index contributed by atoms with van der Waals surface area (Å²) >= 11 is 5.88. The Bertz CT molecular complexity index is 1110. The van der Waals surface area contributed by atoms with Gasteiger partial charge in [0.15, 0.2) is 5.78 Å². The number of non-ortho nitro benzene ring substituents is 1. The smallest absolute Gasteiger partial charge is 0.273 e. The third-order valence-electron chi connectivity index (χ3n) is 6.08. The number of nitro groups is 1.